The Morgan fingerprint density at radius 2 is 1.72 bits per heavy atom. The second-order valence-electron chi connectivity index (χ2n) is 3.93. The van der Waals surface area contributed by atoms with E-state index in [2.05, 4.69) is 25.4 Å². The molecule has 1 rings (SSSR count). The number of ketones is 1. The Balaban J connectivity index is 0. The van der Waals surface area contributed by atoms with Gasteiger partial charge in [-0.2, -0.15) is 0 Å². The van der Waals surface area contributed by atoms with Gasteiger partial charge in [0.05, 0.1) is 0 Å². The van der Waals surface area contributed by atoms with Crippen molar-refractivity contribution in [2.24, 2.45) is 0 Å². The predicted octanol–water partition coefficient (Wildman–Crippen LogP) is 5.07. The van der Waals surface area contributed by atoms with Crippen molar-refractivity contribution in [3.63, 3.8) is 0 Å². The number of allylic oxidation sites excluding steroid dienone is 1. The van der Waals surface area contributed by atoms with Crippen molar-refractivity contribution in [3.8, 4) is 0 Å². The van der Waals surface area contributed by atoms with Gasteiger partial charge in [-0.15, -0.1) is 0 Å². The molecular weight excluding hydrogens is 222 g/mol. The standard InChI is InChI=1S/C11H13NO.C3H8.C2H6/c1-7(2)10-6-12-11(9(4)13)5-8(10)3;1-3-2;1-2/h5-6H,1H2,2-4H3;3H2,1-2H3;1-2H3. The molecule has 0 aliphatic heterocycles. The highest BCUT2D eigenvalue weighted by molar-refractivity contribution is 5.92. The molecule has 2 heteroatoms. The maximum atomic E-state index is 11.0. The molecule has 0 aliphatic carbocycles. The molecule has 0 saturated heterocycles. The van der Waals surface area contributed by atoms with Gasteiger partial charge in [0.1, 0.15) is 5.69 Å². The van der Waals surface area contributed by atoms with E-state index in [-0.39, 0.29) is 5.78 Å². The average molecular weight is 249 g/mol. The van der Waals surface area contributed by atoms with Crippen LogP contribution in [0, 0.1) is 6.92 Å². The van der Waals surface area contributed by atoms with Gasteiger partial charge in [0.2, 0.25) is 0 Å². The number of carbonyl (C=O) groups is 1. The SMILES string of the molecule is C=C(C)c1cnc(C(C)=O)cc1C.CC.CCC. The fourth-order valence-electron chi connectivity index (χ4n) is 1.20. The molecule has 0 fully saturated rings. The minimum absolute atomic E-state index is 0.00337. The van der Waals surface area contributed by atoms with Crippen LogP contribution in [0.4, 0.5) is 0 Å². The van der Waals surface area contributed by atoms with E-state index in [1.54, 1.807) is 12.3 Å². The summed E-state index contributed by atoms with van der Waals surface area (Å²) in [7, 11) is 0. The quantitative estimate of drug-likeness (QED) is 0.685. The summed E-state index contributed by atoms with van der Waals surface area (Å²) >= 11 is 0. The van der Waals surface area contributed by atoms with Crippen LogP contribution in [0.15, 0.2) is 18.8 Å². The number of rotatable bonds is 2. The van der Waals surface area contributed by atoms with Crippen molar-refractivity contribution in [1.82, 2.24) is 4.98 Å². The zero-order valence-corrected chi connectivity index (χ0v) is 12.9. The molecule has 0 aromatic carbocycles. The number of hydrogen-bond acceptors (Lipinski definition) is 2. The number of Topliss-reactive ketones (excluding diaryl/α,β-unsaturated/α-hetero) is 1. The third-order valence-electron chi connectivity index (χ3n) is 1.93. The largest absolute Gasteiger partial charge is 0.293 e. The first kappa shape index (κ1) is 18.9. The number of aryl methyl sites for hydroxylation is 1. The summed E-state index contributed by atoms with van der Waals surface area (Å²) in [5, 5.41) is 0. The Kier molecular flexibility index (Phi) is 11.2. The summed E-state index contributed by atoms with van der Waals surface area (Å²) < 4.78 is 0. The molecule has 0 bridgehead atoms. The van der Waals surface area contributed by atoms with Gasteiger partial charge >= 0.3 is 0 Å². The lowest BCUT2D eigenvalue weighted by Gasteiger charge is -2.04. The van der Waals surface area contributed by atoms with Crippen LogP contribution in [0.3, 0.4) is 0 Å². The van der Waals surface area contributed by atoms with Crippen LogP contribution in [-0.4, -0.2) is 10.8 Å². The fraction of sp³-hybridized carbons (Fsp3) is 0.500. The third-order valence-corrected chi connectivity index (χ3v) is 1.93. The van der Waals surface area contributed by atoms with E-state index in [1.165, 1.54) is 13.3 Å². The van der Waals surface area contributed by atoms with E-state index in [1.807, 2.05) is 27.7 Å². The first-order valence-electron chi connectivity index (χ1n) is 6.57. The van der Waals surface area contributed by atoms with Crippen LogP contribution in [-0.2, 0) is 0 Å². The van der Waals surface area contributed by atoms with Crippen LogP contribution in [0.1, 0.15) is 69.6 Å². The van der Waals surface area contributed by atoms with E-state index >= 15 is 0 Å². The molecule has 0 N–H and O–H groups in total. The Hall–Kier alpha value is -1.44. The van der Waals surface area contributed by atoms with Crippen molar-refractivity contribution < 1.29 is 4.79 Å². The second kappa shape index (κ2) is 10.7. The van der Waals surface area contributed by atoms with Gasteiger partial charge in [-0.25, -0.2) is 0 Å². The van der Waals surface area contributed by atoms with Crippen LogP contribution < -0.4 is 0 Å². The smallest absolute Gasteiger partial charge is 0.178 e. The maximum absolute atomic E-state index is 11.0. The normalized spacial score (nSPS) is 8.39. The Morgan fingerprint density at radius 1 is 1.28 bits per heavy atom. The van der Waals surface area contributed by atoms with Gasteiger partial charge in [-0.1, -0.05) is 40.7 Å². The molecule has 0 radical (unpaired) electrons. The molecule has 0 amide bonds. The predicted molar refractivity (Wildman–Crippen MR) is 81.0 cm³/mol. The van der Waals surface area contributed by atoms with Crippen molar-refractivity contribution >= 4 is 11.4 Å². The highest BCUT2D eigenvalue weighted by Crippen LogP contribution is 2.16. The molecule has 0 unspecified atom stereocenters. The molecular formula is C16H27NO. The molecule has 2 nitrogen and oxygen atoms in total. The Morgan fingerprint density at radius 3 is 2.00 bits per heavy atom. The molecule has 1 heterocycles. The number of nitrogens with zero attached hydrogens (tertiary/aromatic N) is 1. The van der Waals surface area contributed by atoms with Crippen LogP contribution in [0.5, 0.6) is 0 Å². The van der Waals surface area contributed by atoms with E-state index in [9.17, 15) is 4.79 Å². The summed E-state index contributed by atoms with van der Waals surface area (Å²) in [6.07, 6.45) is 2.95. The summed E-state index contributed by atoms with van der Waals surface area (Å²) in [6.45, 7) is 17.5. The lowest BCUT2D eigenvalue weighted by molar-refractivity contribution is 0.101. The lowest BCUT2D eigenvalue weighted by atomic mass is 10.0. The first-order chi connectivity index (χ1) is 8.43. The maximum Gasteiger partial charge on any atom is 0.178 e. The zero-order valence-electron chi connectivity index (χ0n) is 12.9. The fourth-order valence-corrected chi connectivity index (χ4v) is 1.20. The molecule has 0 aliphatic rings. The summed E-state index contributed by atoms with van der Waals surface area (Å²) in [5.74, 6) is -0.00337. The van der Waals surface area contributed by atoms with Crippen LogP contribution in [0.2, 0.25) is 0 Å². The van der Waals surface area contributed by atoms with Crippen molar-refractivity contribution in [3.05, 3.63) is 35.7 Å². The third kappa shape index (κ3) is 7.00. The van der Waals surface area contributed by atoms with E-state index in [4.69, 9.17) is 0 Å². The van der Waals surface area contributed by atoms with E-state index < -0.39 is 0 Å². The molecule has 18 heavy (non-hydrogen) atoms. The monoisotopic (exact) mass is 249 g/mol. The highest BCUT2D eigenvalue weighted by atomic mass is 16.1. The summed E-state index contributed by atoms with van der Waals surface area (Å²) in [6, 6.07) is 1.80. The van der Waals surface area contributed by atoms with Gasteiger partial charge in [0.25, 0.3) is 0 Å². The van der Waals surface area contributed by atoms with Gasteiger partial charge in [-0.3, -0.25) is 9.78 Å². The Labute approximate surface area is 112 Å². The van der Waals surface area contributed by atoms with Crippen LogP contribution in [0.25, 0.3) is 5.57 Å². The highest BCUT2D eigenvalue weighted by Gasteiger charge is 2.04. The summed E-state index contributed by atoms with van der Waals surface area (Å²) in [4.78, 5) is 15.0. The van der Waals surface area contributed by atoms with Crippen molar-refractivity contribution in [2.45, 2.75) is 54.9 Å². The Bertz CT molecular complexity index is 381. The number of aromatic nitrogens is 1. The molecule has 102 valence electrons. The lowest BCUT2D eigenvalue weighted by Crippen LogP contribution is -1.98. The number of carbonyl (C=O) groups excluding carboxylic acids is 1. The molecule has 1 aromatic heterocycles. The average Bonchev–Trinajstić information content (AvgIpc) is 2.32. The van der Waals surface area contributed by atoms with Crippen molar-refractivity contribution in [1.29, 1.82) is 0 Å². The molecule has 0 atom stereocenters. The van der Waals surface area contributed by atoms with Gasteiger partial charge in [-0.05, 0) is 36.6 Å². The number of hydrogen-bond donors (Lipinski definition) is 0. The van der Waals surface area contributed by atoms with Gasteiger partial charge < -0.3 is 0 Å². The second-order valence-corrected chi connectivity index (χ2v) is 3.93. The zero-order chi connectivity index (χ0) is 14.7. The minimum atomic E-state index is -0.00337. The van der Waals surface area contributed by atoms with Crippen molar-refractivity contribution in [2.75, 3.05) is 0 Å². The topological polar surface area (TPSA) is 30.0 Å². The molecule has 1 aromatic rings. The molecule has 0 saturated carbocycles. The van der Waals surface area contributed by atoms with E-state index in [0.29, 0.717) is 5.69 Å². The van der Waals surface area contributed by atoms with Gasteiger partial charge in [0.15, 0.2) is 5.78 Å². The van der Waals surface area contributed by atoms with Gasteiger partial charge in [0, 0.05) is 13.1 Å². The summed E-state index contributed by atoms with van der Waals surface area (Å²) in [5.41, 5.74) is 3.56. The minimum Gasteiger partial charge on any atom is -0.293 e. The first-order valence-corrected chi connectivity index (χ1v) is 6.57. The van der Waals surface area contributed by atoms with Crippen LogP contribution >= 0.6 is 0 Å². The molecule has 0 spiro atoms. The van der Waals surface area contributed by atoms with E-state index in [0.717, 1.165) is 16.7 Å². The number of pyridine rings is 1.